The van der Waals surface area contributed by atoms with Gasteiger partial charge in [0, 0.05) is 31.7 Å². The topological polar surface area (TPSA) is 72.7 Å². The zero-order chi connectivity index (χ0) is 14.8. The van der Waals surface area contributed by atoms with E-state index in [0.717, 1.165) is 22.1 Å². The van der Waals surface area contributed by atoms with Crippen molar-refractivity contribution in [1.82, 2.24) is 25.1 Å². The minimum Gasteiger partial charge on any atom is -0.359 e. The number of aromatic nitrogens is 4. The van der Waals surface area contributed by atoms with Crippen molar-refractivity contribution < 1.29 is 4.79 Å². The van der Waals surface area contributed by atoms with Gasteiger partial charge in [-0.15, -0.1) is 10.2 Å². The van der Waals surface area contributed by atoms with Gasteiger partial charge in [-0.3, -0.25) is 4.79 Å². The minimum atomic E-state index is 0.0149. The molecule has 0 saturated heterocycles. The number of nitrogens with zero attached hydrogens (tertiary/aromatic N) is 4. The molecule has 0 fully saturated rings. The normalized spacial score (nSPS) is 11.1. The number of benzene rings is 1. The summed E-state index contributed by atoms with van der Waals surface area (Å²) in [6.45, 7) is 0. The van der Waals surface area contributed by atoms with E-state index in [2.05, 4.69) is 20.5 Å². The smallest absolute Gasteiger partial charge is 0.220 e. The third-order valence-electron chi connectivity index (χ3n) is 3.33. The molecule has 0 unspecified atom stereocenters. The van der Waals surface area contributed by atoms with Gasteiger partial charge in [0.1, 0.15) is 5.52 Å². The number of carbonyl (C=O) groups excluding carboxylic acids is 1. The molecule has 0 atom stereocenters. The van der Waals surface area contributed by atoms with Crippen molar-refractivity contribution in [2.24, 2.45) is 7.05 Å². The van der Waals surface area contributed by atoms with Gasteiger partial charge >= 0.3 is 0 Å². The summed E-state index contributed by atoms with van der Waals surface area (Å²) < 4.78 is 2.02. The summed E-state index contributed by atoms with van der Waals surface area (Å²) in [5.74, 6) is 0.651. The van der Waals surface area contributed by atoms with Gasteiger partial charge in [-0.25, -0.2) is 4.98 Å². The fraction of sp³-hybridized carbons (Fsp3) is 0.286. The molecule has 0 bridgehead atoms. The standard InChI is InChI=1S/C14H15N5OS/c1-15-11(20)7-8-21-14-16-13-12(17-18-14)9-5-3-4-6-10(9)19(13)2/h3-6H,7-8H2,1-2H3,(H,15,20). The van der Waals surface area contributed by atoms with Crippen LogP contribution in [0.2, 0.25) is 0 Å². The van der Waals surface area contributed by atoms with Crippen molar-refractivity contribution in [2.45, 2.75) is 11.6 Å². The molecule has 108 valence electrons. The van der Waals surface area contributed by atoms with Crippen LogP contribution in [-0.4, -0.2) is 38.5 Å². The van der Waals surface area contributed by atoms with Crippen LogP contribution in [0, 0.1) is 0 Å². The number of amides is 1. The van der Waals surface area contributed by atoms with E-state index in [0.29, 0.717) is 17.3 Å². The molecular formula is C14H15N5OS. The van der Waals surface area contributed by atoms with Crippen LogP contribution in [0.15, 0.2) is 29.4 Å². The van der Waals surface area contributed by atoms with E-state index in [9.17, 15) is 4.79 Å². The fourth-order valence-electron chi connectivity index (χ4n) is 2.21. The Balaban J connectivity index is 1.91. The molecule has 0 saturated carbocycles. The lowest BCUT2D eigenvalue weighted by molar-refractivity contribution is -0.120. The van der Waals surface area contributed by atoms with Crippen LogP contribution in [-0.2, 0) is 11.8 Å². The van der Waals surface area contributed by atoms with Crippen LogP contribution >= 0.6 is 11.8 Å². The van der Waals surface area contributed by atoms with Gasteiger partial charge in [-0.1, -0.05) is 30.0 Å². The Hall–Kier alpha value is -2.15. The van der Waals surface area contributed by atoms with E-state index in [4.69, 9.17) is 0 Å². The number of aryl methyl sites for hydroxylation is 1. The second-order valence-corrected chi connectivity index (χ2v) is 5.68. The summed E-state index contributed by atoms with van der Waals surface area (Å²) in [5.41, 5.74) is 2.71. The SMILES string of the molecule is CNC(=O)CCSc1nnc2c3ccccc3n(C)c2n1. The van der Waals surface area contributed by atoms with Gasteiger partial charge in [0.05, 0.1) is 5.52 Å². The molecule has 1 aromatic carbocycles. The van der Waals surface area contributed by atoms with Gasteiger partial charge in [-0.05, 0) is 6.07 Å². The monoisotopic (exact) mass is 301 g/mol. The summed E-state index contributed by atoms with van der Waals surface area (Å²) in [6, 6.07) is 8.03. The van der Waals surface area contributed by atoms with E-state index >= 15 is 0 Å². The van der Waals surface area contributed by atoms with Crippen molar-refractivity contribution in [3.63, 3.8) is 0 Å². The second-order valence-electron chi connectivity index (χ2n) is 4.61. The summed E-state index contributed by atoms with van der Waals surface area (Å²) in [5, 5.41) is 12.7. The van der Waals surface area contributed by atoms with Crippen molar-refractivity contribution in [2.75, 3.05) is 12.8 Å². The first-order valence-corrected chi connectivity index (χ1v) is 7.60. The molecule has 2 heterocycles. The molecule has 0 radical (unpaired) electrons. The van der Waals surface area contributed by atoms with Crippen molar-refractivity contribution in [1.29, 1.82) is 0 Å². The summed E-state index contributed by atoms with van der Waals surface area (Å²) in [6.07, 6.45) is 0.442. The lowest BCUT2D eigenvalue weighted by atomic mass is 10.2. The molecule has 21 heavy (non-hydrogen) atoms. The lowest BCUT2D eigenvalue weighted by Crippen LogP contribution is -2.17. The molecular weight excluding hydrogens is 286 g/mol. The highest BCUT2D eigenvalue weighted by Gasteiger charge is 2.12. The first kappa shape index (κ1) is 13.8. The van der Waals surface area contributed by atoms with Gasteiger partial charge in [0.15, 0.2) is 5.65 Å². The maximum Gasteiger partial charge on any atom is 0.220 e. The van der Waals surface area contributed by atoms with Crippen LogP contribution in [0.5, 0.6) is 0 Å². The second kappa shape index (κ2) is 5.69. The van der Waals surface area contributed by atoms with E-state index < -0.39 is 0 Å². The summed E-state index contributed by atoms with van der Waals surface area (Å²) in [7, 11) is 3.60. The van der Waals surface area contributed by atoms with Gasteiger partial charge < -0.3 is 9.88 Å². The van der Waals surface area contributed by atoms with Gasteiger partial charge in [0.25, 0.3) is 0 Å². The van der Waals surface area contributed by atoms with E-state index in [1.165, 1.54) is 11.8 Å². The van der Waals surface area contributed by atoms with E-state index in [1.54, 1.807) is 7.05 Å². The van der Waals surface area contributed by atoms with Crippen LogP contribution in [0.25, 0.3) is 22.1 Å². The average Bonchev–Trinajstić information content (AvgIpc) is 2.80. The molecule has 3 rings (SSSR count). The van der Waals surface area contributed by atoms with Crippen LogP contribution in [0.3, 0.4) is 0 Å². The van der Waals surface area contributed by atoms with Crippen LogP contribution in [0.1, 0.15) is 6.42 Å². The minimum absolute atomic E-state index is 0.0149. The van der Waals surface area contributed by atoms with Gasteiger partial charge in [0.2, 0.25) is 11.1 Å². The highest BCUT2D eigenvalue weighted by atomic mass is 32.2. The Bertz CT molecular complexity index is 814. The predicted octanol–water partition coefficient (Wildman–Crippen LogP) is 1.74. The maximum atomic E-state index is 11.2. The van der Waals surface area contributed by atoms with Crippen molar-refractivity contribution in [3.05, 3.63) is 24.3 Å². The van der Waals surface area contributed by atoms with Crippen LogP contribution < -0.4 is 5.32 Å². The first-order chi connectivity index (χ1) is 10.2. The third-order valence-corrected chi connectivity index (χ3v) is 4.17. The number of nitrogens with one attached hydrogen (secondary N) is 1. The highest BCUT2D eigenvalue weighted by Crippen LogP contribution is 2.25. The molecule has 7 heteroatoms. The number of fused-ring (bicyclic) bond motifs is 3. The lowest BCUT2D eigenvalue weighted by Gasteiger charge is -2.00. The first-order valence-electron chi connectivity index (χ1n) is 6.62. The Morgan fingerprint density at radius 1 is 1.33 bits per heavy atom. The molecule has 1 amide bonds. The largest absolute Gasteiger partial charge is 0.359 e. The van der Waals surface area contributed by atoms with E-state index in [-0.39, 0.29) is 5.91 Å². The number of para-hydroxylation sites is 1. The molecule has 0 aliphatic heterocycles. The number of thioether (sulfide) groups is 1. The number of carbonyl (C=O) groups is 1. The number of hydrogen-bond acceptors (Lipinski definition) is 5. The molecule has 6 nitrogen and oxygen atoms in total. The molecule has 3 aromatic rings. The Kier molecular flexibility index (Phi) is 3.74. The maximum absolute atomic E-state index is 11.2. The Morgan fingerprint density at radius 3 is 2.95 bits per heavy atom. The summed E-state index contributed by atoms with van der Waals surface area (Å²) in [4.78, 5) is 15.8. The number of rotatable bonds is 4. The molecule has 0 aliphatic rings. The zero-order valence-corrected chi connectivity index (χ0v) is 12.6. The average molecular weight is 301 g/mol. The van der Waals surface area contributed by atoms with E-state index in [1.807, 2.05) is 35.9 Å². The van der Waals surface area contributed by atoms with Crippen LogP contribution in [0.4, 0.5) is 0 Å². The molecule has 0 aliphatic carbocycles. The van der Waals surface area contributed by atoms with Crippen molar-refractivity contribution >= 4 is 39.7 Å². The summed E-state index contributed by atoms with van der Waals surface area (Å²) >= 11 is 1.44. The van der Waals surface area contributed by atoms with Gasteiger partial charge in [-0.2, -0.15) is 0 Å². The Morgan fingerprint density at radius 2 is 2.14 bits per heavy atom. The fourth-order valence-corrected chi connectivity index (χ4v) is 2.93. The van der Waals surface area contributed by atoms with Crippen molar-refractivity contribution in [3.8, 4) is 0 Å². The number of hydrogen-bond donors (Lipinski definition) is 1. The Labute approximate surface area is 126 Å². The zero-order valence-electron chi connectivity index (χ0n) is 11.8. The third kappa shape index (κ3) is 2.56. The molecule has 1 N–H and O–H groups in total. The highest BCUT2D eigenvalue weighted by molar-refractivity contribution is 7.99. The molecule has 2 aromatic heterocycles. The predicted molar refractivity (Wildman–Crippen MR) is 83.2 cm³/mol. The quantitative estimate of drug-likeness (QED) is 0.743. The molecule has 0 spiro atoms.